The summed E-state index contributed by atoms with van der Waals surface area (Å²) in [5.74, 6) is 0.659. The van der Waals surface area contributed by atoms with E-state index in [9.17, 15) is 14.7 Å². The van der Waals surface area contributed by atoms with Crippen LogP contribution in [0.5, 0.6) is 17.2 Å². The molecular formula is C22H15BrCl2N4O4. The van der Waals surface area contributed by atoms with E-state index in [1.807, 2.05) is 24.3 Å². The molecular weight excluding hydrogens is 535 g/mol. The normalized spacial score (nSPS) is 10.8. The number of benzene rings is 3. The van der Waals surface area contributed by atoms with Gasteiger partial charge in [0, 0.05) is 22.3 Å². The lowest BCUT2D eigenvalue weighted by Gasteiger charge is -2.14. The lowest BCUT2D eigenvalue weighted by Crippen LogP contribution is -2.30. The van der Waals surface area contributed by atoms with Crippen molar-refractivity contribution < 1.29 is 9.84 Å². The van der Waals surface area contributed by atoms with Gasteiger partial charge in [0.1, 0.15) is 17.7 Å². The number of phenolic OH excluding ortho intramolecular Hbond substituents is 1. The molecule has 4 rings (SSSR count). The largest absolute Gasteiger partial charge is 0.508 e. The number of ether oxygens (including phenoxy) is 1. The molecule has 0 amide bonds. The van der Waals surface area contributed by atoms with Gasteiger partial charge in [0.25, 0.3) is 5.56 Å². The first kappa shape index (κ1) is 22.9. The van der Waals surface area contributed by atoms with Crippen molar-refractivity contribution in [2.75, 3.05) is 5.32 Å². The topological polar surface area (TPSA) is 109 Å². The van der Waals surface area contributed by atoms with Crippen LogP contribution >= 0.6 is 39.1 Å². The third kappa shape index (κ3) is 5.39. The Morgan fingerprint density at radius 2 is 1.85 bits per heavy atom. The summed E-state index contributed by atoms with van der Waals surface area (Å²) in [7, 11) is 0. The molecule has 11 heteroatoms. The number of aromatic amines is 1. The number of halogens is 3. The fourth-order valence-corrected chi connectivity index (χ4v) is 3.94. The molecule has 0 radical (unpaired) electrons. The molecule has 3 aromatic carbocycles. The predicted molar refractivity (Wildman–Crippen MR) is 130 cm³/mol. The van der Waals surface area contributed by atoms with Crippen LogP contribution in [0.1, 0.15) is 5.56 Å². The number of aromatic hydroxyl groups is 1. The Balaban J connectivity index is 1.58. The fraction of sp³-hybridized carbons (Fsp3) is 0.0455. The number of nitrogens with zero attached hydrogens (tertiary/aromatic N) is 2. The van der Waals surface area contributed by atoms with Crippen molar-refractivity contribution in [2.45, 2.75) is 6.54 Å². The third-order valence-electron chi connectivity index (χ3n) is 4.52. The number of nitrogens with one attached hydrogen (secondary N) is 2. The van der Waals surface area contributed by atoms with E-state index < -0.39 is 11.2 Å². The van der Waals surface area contributed by atoms with Crippen molar-refractivity contribution in [3.8, 4) is 22.9 Å². The van der Waals surface area contributed by atoms with Crippen LogP contribution in [0.2, 0.25) is 10.0 Å². The van der Waals surface area contributed by atoms with Crippen molar-refractivity contribution in [3.63, 3.8) is 0 Å². The second kappa shape index (κ2) is 9.70. The van der Waals surface area contributed by atoms with E-state index in [-0.39, 0.29) is 27.2 Å². The highest BCUT2D eigenvalue weighted by Gasteiger charge is 2.14. The number of rotatable bonds is 6. The van der Waals surface area contributed by atoms with Gasteiger partial charge in [-0.15, -0.1) is 0 Å². The lowest BCUT2D eigenvalue weighted by atomic mass is 10.2. The highest BCUT2D eigenvalue weighted by molar-refractivity contribution is 9.10. The van der Waals surface area contributed by atoms with Gasteiger partial charge in [0.2, 0.25) is 0 Å². The molecule has 1 heterocycles. The van der Waals surface area contributed by atoms with Gasteiger partial charge in [0.05, 0.1) is 15.7 Å². The molecule has 8 nitrogen and oxygen atoms in total. The monoisotopic (exact) mass is 548 g/mol. The van der Waals surface area contributed by atoms with Crippen molar-refractivity contribution in [2.24, 2.45) is 0 Å². The highest BCUT2D eigenvalue weighted by atomic mass is 79.9. The summed E-state index contributed by atoms with van der Waals surface area (Å²) < 4.78 is 7.76. The molecule has 0 aliphatic rings. The molecule has 0 spiro atoms. The number of aromatic nitrogens is 3. The zero-order valence-corrected chi connectivity index (χ0v) is 19.8. The van der Waals surface area contributed by atoms with Gasteiger partial charge in [-0.1, -0.05) is 45.2 Å². The minimum Gasteiger partial charge on any atom is -0.508 e. The van der Waals surface area contributed by atoms with Gasteiger partial charge in [-0.3, -0.25) is 9.78 Å². The van der Waals surface area contributed by atoms with Crippen molar-refractivity contribution in [1.29, 1.82) is 0 Å². The number of hydrogen-bond acceptors (Lipinski definition) is 6. The van der Waals surface area contributed by atoms with E-state index in [2.05, 4.69) is 31.3 Å². The van der Waals surface area contributed by atoms with Crippen LogP contribution in [0.25, 0.3) is 5.69 Å². The minimum atomic E-state index is -0.732. The zero-order chi connectivity index (χ0) is 23.5. The van der Waals surface area contributed by atoms with E-state index in [4.69, 9.17) is 27.9 Å². The Morgan fingerprint density at radius 3 is 2.55 bits per heavy atom. The van der Waals surface area contributed by atoms with Crippen LogP contribution in [-0.4, -0.2) is 19.9 Å². The summed E-state index contributed by atoms with van der Waals surface area (Å²) in [5, 5.41) is 17.5. The minimum absolute atomic E-state index is 0.0981. The van der Waals surface area contributed by atoms with Gasteiger partial charge in [-0.25, -0.2) is 4.79 Å². The van der Waals surface area contributed by atoms with E-state index in [1.165, 1.54) is 18.2 Å². The molecule has 33 heavy (non-hydrogen) atoms. The number of phenols is 1. The Bertz CT molecular complexity index is 1430. The van der Waals surface area contributed by atoms with Crippen LogP contribution < -0.4 is 21.3 Å². The number of H-pyrrole nitrogens is 1. The molecule has 1 aromatic heterocycles. The molecule has 0 fully saturated rings. The molecule has 0 bridgehead atoms. The van der Waals surface area contributed by atoms with Gasteiger partial charge in [0.15, 0.2) is 5.75 Å². The van der Waals surface area contributed by atoms with Crippen LogP contribution in [0.4, 0.5) is 5.69 Å². The molecule has 0 saturated heterocycles. The standard InChI is InChI=1S/C22H15BrCl2N4O4/c23-13-2-1-3-14(7-13)26-10-12-6-16(4-5-19(12)30)33-21-17(24)8-15(9-18(21)25)29-22(32)28-20(31)11-27-29/h1-9,11,26,30H,10H2,(H,28,31,32). The lowest BCUT2D eigenvalue weighted by molar-refractivity contribution is 0.459. The molecule has 0 unspecified atom stereocenters. The van der Waals surface area contributed by atoms with Crippen LogP contribution in [-0.2, 0) is 6.54 Å². The average Bonchev–Trinajstić information content (AvgIpc) is 2.76. The fourth-order valence-electron chi connectivity index (χ4n) is 2.98. The first-order valence-electron chi connectivity index (χ1n) is 9.47. The van der Waals surface area contributed by atoms with E-state index in [0.29, 0.717) is 17.9 Å². The maximum absolute atomic E-state index is 12.0. The summed E-state index contributed by atoms with van der Waals surface area (Å²) in [6.07, 6.45) is 0.966. The Labute approximate surface area is 205 Å². The molecule has 4 aromatic rings. The smallest absolute Gasteiger partial charge is 0.349 e. The quantitative estimate of drug-likeness (QED) is 0.309. The second-order valence-corrected chi connectivity index (χ2v) is 8.58. The molecule has 3 N–H and O–H groups in total. The second-order valence-electron chi connectivity index (χ2n) is 6.85. The maximum Gasteiger partial charge on any atom is 0.349 e. The number of hydrogen-bond donors (Lipinski definition) is 3. The Kier molecular flexibility index (Phi) is 6.73. The first-order chi connectivity index (χ1) is 15.8. The summed E-state index contributed by atoms with van der Waals surface area (Å²) in [6, 6.07) is 15.3. The SMILES string of the molecule is O=c1cnn(-c2cc(Cl)c(Oc3ccc(O)c(CNc4cccc(Br)c4)c3)c(Cl)c2)c(=O)[nH]1. The van der Waals surface area contributed by atoms with E-state index >= 15 is 0 Å². The zero-order valence-electron chi connectivity index (χ0n) is 16.7. The van der Waals surface area contributed by atoms with Crippen LogP contribution in [0.15, 0.2) is 74.9 Å². The van der Waals surface area contributed by atoms with Gasteiger partial charge >= 0.3 is 5.69 Å². The third-order valence-corrected chi connectivity index (χ3v) is 5.57. The predicted octanol–water partition coefficient (Wildman–Crippen LogP) is 5.10. The summed E-state index contributed by atoms with van der Waals surface area (Å²) in [6.45, 7) is 0.348. The molecule has 168 valence electrons. The van der Waals surface area contributed by atoms with Gasteiger partial charge < -0.3 is 15.2 Å². The summed E-state index contributed by atoms with van der Waals surface area (Å²) in [4.78, 5) is 25.3. The Hall–Kier alpha value is -3.27. The Morgan fingerprint density at radius 1 is 1.09 bits per heavy atom. The maximum atomic E-state index is 12.0. The van der Waals surface area contributed by atoms with Crippen molar-refractivity contribution in [1.82, 2.24) is 14.8 Å². The highest BCUT2D eigenvalue weighted by Crippen LogP contribution is 2.39. The molecule has 0 saturated carbocycles. The van der Waals surface area contributed by atoms with Gasteiger partial charge in [-0.05, 0) is 48.5 Å². The van der Waals surface area contributed by atoms with Crippen molar-refractivity contribution in [3.05, 3.63) is 102 Å². The molecule has 0 aliphatic carbocycles. The van der Waals surface area contributed by atoms with Crippen LogP contribution in [0.3, 0.4) is 0 Å². The first-order valence-corrected chi connectivity index (χ1v) is 11.0. The van der Waals surface area contributed by atoms with E-state index in [1.54, 1.807) is 12.1 Å². The summed E-state index contributed by atoms with van der Waals surface area (Å²) >= 11 is 16.1. The van der Waals surface area contributed by atoms with E-state index in [0.717, 1.165) is 21.0 Å². The average molecular weight is 550 g/mol. The summed E-state index contributed by atoms with van der Waals surface area (Å²) in [5.41, 5.74) is 0.377. The van der Waals surface area contributed by atoms with Crippen molar-refractivity contribution >= 4 is 44.8 Å². The molecule has 0 atom stereocenters. The van der Waals surface area contributed by atoms with Gasteiger partial charge in [-0.2, -0.15) is 9.78 Å². The molecule has 0 aliphatic heterocycles. The van der Waals surface area contributed by atoms with Crippen LogP contribution in [0, 0.1) is 0 Å². The number of anilines is 1.